The van der Waals surface area contributed by atoms with Crippen molar-refractivity contribution >= 4 is 11.9 Å². The highest BCUT2D eigenvalue weighted by Crippen LogP contribution is 2.24. The highest BCUT2D eigenvalue weighted by atomic mass is 16.4. The number of aliphatic hydroxyl groups is 1. The molecule has 2 rings (SSSR count). The van der Waals surface area contributed by atoms with Crippen LogP contribution in [0.3, 0.4) is 0 Å². The van der Waals surface area contributed by atoms with E-state index in [1.54, 1.807) is 6.07 Å². The molecule has 1 heterocycles. The van der Waals surface area contributed by atoms with E-state index in [0.717, 1.165) is 0 Å². The van der Waals surface area contributed by atoms with Gasteiger partial charge in [0.1, 0.15) is 0 Å². The molecule has 0 atom stereocenters. The number of nitrogens with one attached hydrogen (secondary N) is 1. The van der Waals surface area contributed by atoms with Gasteiger partial charge in [0, 0.05) is 12.1 Å². The molecule has 0 unspecified atom stereocenters. The van der Waals surface area contributed by atoms with Crippen LogP contribution >= 0.6 is 0 Å². The maximum atomic E-state index is 10.5. The second kappa shape index (κ2) is 3.34. The van der Waals surface area contributed by atoms with Crippen molar-refractivity contribution in [2.45, 2.75) is 25.0 Å². The summed E-state index contributed by atoms with van der Waals surface area (Å²) in [7, 11) is 0. The maximum absolute atomic E-state index is 10.5. The Morgan fingerprint density at radius 1 is 1.50 bits per heavy atom. The minimum atomic E-state index is -1.08. The minimum absolute atomic E-state index is 0.0765. The van der Waals surface area contributed by atoms with Gasteiger partial charge in [-0.15, -0.1) is 0 Å². The maximum Gasteiger partial charge on any atom is 0.371 e. The number of anilines is 1. The fourth-order valence-corrected chi connectivity index (χ4v) is 1.44. The molecular weight excluding hydrogens is 186 g/mol. The first-order valence-corrected chi connectivity index (χ1v) is 4.43. The van der Waals surface area contributed by atoms with Crippen LogP contribution in [-0.2, 0) is 0 Å². The molecule has 0 spiro atoms. The Labute approximate surface area is 80.3 Å². The van der Waals surface area contributed by atoms with E-state index in [0.29, 0.717) is 18.7 Å². The highest BCUT2D eigenvalue weighted by molar-refractivity contribution is 5.84. The summed E-state index contributed by atoms with van der Waals surface area (Å²) in [6.07, 6.45) is 1.13. The monoisotopic (exact) mass is 197 g/mol. The van der Waals surface area contributed by atoms with E-state index in [2.05, 4.69) is 5.32 Å². The topological polar surface area (TPSA) is 82.7 Å². The molecule has 1 aliphatic rings. The predicted octanol–water partition coefficient (Wildman–Crippen LogP) is 0.913. The normalized spacial score (nSPS) is 25.5. The zero-order valence-corrected chi connectivity index (χ0v) is 7.43. The van der Waals surface area contributed by atoms with E-state index in [4.69, 9.17) is 14.6 Å². The Balaban J connectivity index is 1.93. The third-order valence-corrected chi connectivity index (χ3v) is 2.28. The Morgan fingerprint density at radius 2 is 2.21 bits per heavy atom. The van der Waals surface area contributed by atoms with Gasteiger partial charge in [0.15, 0.2) is 5.88 Å². The van der Waals surface area contributed by atoms with Crippen LogP contribution in [0.5, 0.6) is 0 Å². The summed E-state index contributed by atoms with van der Waals surface area (Å²) >= 11 is 0. The number of furan rings is 1. The third kappa shape index (κ3) is 1.72. The molecule has 0 saturated heterocycles. The lowest BCUT2D eigenvalue weighted by atomic mass is 9.90. The second-order valence-electron chi connectivity index (χ2n) is 3.44. The van der Waals surface area contributed by atoms with Crippen LogP contribution < -0.4 is 5.32 Å². The van der Waals surface area contributed by atoms with Gasteiger partial charge < -0.3 is 19.9 Å². The molecule has 0 aliphatic heterocycles. The zero-order valence-electron chi connectivity index (χ0n) is 7.43. The van der Waals surface area contributed by atoms with Gasteiger partial charge in [-0.05, 0) is 18.9 Å². The molecule has 1 aliphatic carbocycles. The van der Waals surface area contributed by atoms with Crippen LogP contribution in [-0.4, -0.2) is 28.3 Å². The average Bonchev–Trinajstić information content (AvgIpc) is 2.50. The molecule has 1 aromatic rings. The quantitative estimate of drug-likeness (QED) is 0.671. The fraction of sp³-hybridized carbons (Fsp3) is 0.444. The number of hydrogen-bond acceptors (Lipinski definition) is 4. The summed E-state index contributed by atoms with van der Waals surface area (Å²) in [6, 6.07) is 3.17. The lowest BCUT2D eigenvalue weighted by molar-refractivity contribution is 0.0660. The zero-order chi connectivity index (χ0) is 10.1. The van der Waals surface area contributed by atoms with Crippen molar-refractivity contribution in [3.8, 4) is 0 Å². The average molecular weight is 197 g/mol. The lowest BCUT2D eigenvalue weighted by Crippen LogP contribution is -2.38. The van der Waals surface area contributed by atoms with Crippen LogP contribution in [0.25, 0.3) is 0 Å². The molecule has 76 valence electrons. The van der Waals surface area contributed by atoms with Crippen molar-refractivity contribution in [1.29, 1.82) is 0 Å². The minimum Gasteiger partial charge on any atom is -0.475 e. The number of carboxylic acids is 1. The number of rotatable bonds is 3. The predicted molar refractivity (Wildman–Crippen MR) is 48.3 cm³/mol. The van der Waals surface area contributed by atoms with Gasteiger partial charge in [0.2, 0.25) is 5.76 Å². The molecule has 5 nitrogen and oxygen atoms in total. The number of carboxylic acid groups (broad SMARTS) is 1. The second-order valence-corrected chi connectivity index (χ2v) is 3.44. The van der Waals surface area contributed by atoms with Crippen LogP contribution in [0.2, 0.25) is 0 Å². The van der Waals surface area contributed by atoms with Gasteiger partial charge >= 0.3 is 5.97 Å². The Morgan fingerprint density at radius 3 is 2.71 bits per heavy atom. The van der Waals surface area contributed by atoms with Gasteiger partial charge in [-0.25, -0.2) is 4.79 Å². The molecular formula is C9H11NO4. The standard InChI is InChI=1S/C9H11NO4/c11-6-3-5(4-6)10-8-2-1-7(14-8)9(12)13/h1-2,5-6,10-11H,3-4H2,(H,12,13). The Hall–Kier alpha value is -1.49. The highest BCUT2D eigenvalue weighted by Gasteiger charge is 2.27. The van der Waals surface area contributed by atoms with Crippen LogP contribution in [0, 0.1) is 0 Å². The third-order valence-electron chi connectivity index (χ3n) is 2.28. The first-order chi connectivity index (χ1) is 6.65. The summed E-state index contributed by atoms with van der Waals surface area (Å²) < 4.78 is 4.99. The van der Waals surface area contributed by atoms with Gasteiger partial charge in [-0.1, -0.05) is 0 Å². The summed E-state index contributed by atoms with van der Waals surface area (Å²) in [6.45, 7) is 0. The fourth-order valence-electron chi connectivity index (χ4n) is 1.44. The van der Waals surface area contributed by atoms with E-state index in [1.165, 1.54) is 6.07 Å². The number of hydrogen-bond donors (Lipinski definition) is 3. The van der Waals surface area contributed by atoms with E-state index >= 15 is 0 Å². The van der Waals surface area contributed by atoms with Crippen LogP contribution in [0.4, 0.5) is 5.88 Å². The largest absolute Gasteiger partial charge is 0.475 e. The molecule has 14 heavy (non-hydrogen) atoms. The molecule has 1 aromatic heterocycles. The van der Waals surface area contributed by atoms with E-state index in [1.807, 2.05) is 0 Å². The Bertz CT molecular complexity index is 340. The van der Waals surface area contributed by atoms with Crippen LogP contribution in [0.15, 0.2) is 16.5 Å². The summed E-state index contributed by atoms with van der Waals surface area (Å²) in [5, 5.41) is 20.6. The lowest BCUT2D eigenvalue weighted by Gasteiger charge is -2.31. The van der Waals surface area contributed by atoms with Gasteiger partial charge in [0.25, 0.3) is 0 Å². The van der Waals surface area contributed by atoms with Crippen molar-refractivity contribution in [3.63, 3.8) is 0 Å². The molecule has 1 saturated carbocycles. The van der Waals surface area contributed by atoms with Crippen molar-refractivity contribution in [1.82, 2.24) is 0 Å². The first-order valence-electron chi connectivity index (χ1n) is 4.43. The molecule has 0 aromatic carbocycles. The SMILES string of the molecule is O=C(O)c1ccc(NC2CC(O)C2)o1. The van der Waals surface area contributed by atoms with Gasteiger partial charge in [-0.3, -0.25) is 0 Å². The van der Waals surface area contributed by atoms with Crippen LogP contribution in [0.1, 0.15) is 23.4 Å². The number of aliphatic hydroxyl groups excluding tert-OH is 1. The molecule has 1 fully saturated rings. The molecule has 0 radical (unpaired) electrons. The Kier molecular flexibility index (Phi) is 2.17. The van der Waals surface area contributed by atoms with Gasteiger partial charge in [-0.2, -0.15) is 0 Å². The summed E-state index contributed by atoms with van der Waals surface area (Å²) in [5.74, 6) is -0.710. The van der Waals surface area contributed by atoms with Crippen molar-refractivity contribution in [2.75, 3.05) is 5.32 Å². The van der Waals surface area contributed by atoms with Crippen molar-refractivity contribution < 1.29 is 19.4 Å². The van der Waals surface area contributed by atoms with E-state index in [9.17, 15) is 4.79 Å². The molecule has 5 heteroatoms. The first kappa shape index (κ1) is 9.08. The molecule has 0 amide bonds. The summed E-state index contributed by atoms with van der Waals surface area (Å²) in [5.41, 5.74) is 0. The van der Waals surface area contributed by atoms with Crippen molar-refractivity contribution in [2.24, 2.45) is 0 Å². The number of aromatic carboxylic acids is 1. The van der Waals surface area contributed by atoms with E-state index < -0.39 is 5.97 Å². The molecule has 0 bridgehead atoms. The number of carbonyl (C=O) groups is 1. The van der Waals surface area contributed by atoms with E-state index in [-0.39, 0.29) is 17.9 Å². The van der Waals surface area contributed by atoms with Crippen molar-refractivity contribution in [3.05, 3.63) is 17.9 Å². The smallest absolute Gasteiger partial charge is 0.371 e. The summed E-state index contributed by atoms with van der Waals surface area (Å²) in [4.78, 5) is 10.5. The molecule has 3 N–H and O–H groups in total. The van der Waals surface area contributed by atoms with Gasteiger partial charge in [0.05, 0.1) is 6.10 Å².